The number of nitrogen functional groups attached to an aromatic ring is 1. The molecular weight excluding hydrogens is 321 g/mol. The summed E-state index contributed by atoms with van der Waals surface area (Å²) in [5.74, 6) is 0.461. The van der Waals surface area contributed by atoms with E-state index in [0.29, 0.717) is 12.4 Å². The van der Waals surface area contributed by atoms with Crippen molar-refractivity contribution in [1.29, 1.82) is 0 Å². The number of fused-ring (bicyclic) bond motifs is 3. The van der Waals surface area contributed by atoms with Gasteiger partial charge in [0.1, 0.15) is 5.52 Å². The highest BCUT2D eigenvalue weighted by molar-refractivity contribution is 6.09. The molecule has 5 nitrogen and oxygen atoms in total. The number of hydrogen-bond donors (Lipinski definition) is 3. The Labute approximate surface area is 141 Å². The van der Waals surface area contributed by atoms with Gasteiger partial charge in [0.15, 0.2) is 5.82 Å². The van der Waals surface area contributed by atoms with E-state index >= 15 is 0 Å². The van der Waals surface area contributed by atoms with Crippen LogP contribution in [0.4, 0.5) is 5.82 Å². The van der Waals surface area contributed by atoms with E-state index in [2.05, 4.69) is 35.1 Å². The van der Waals surface area contributed by atoms with Gasteiger partial charge in [-0.05, 0) is 30.0 Å². The van der Waals surface area contributed by atoms with Gasteiger partial charge < -0.3 is 11.5 Å². The van der Waals surface area contributed by atoms with Crippen LogP contribution in [0.3, 0.4) is 0 Å². The number of pyridine rings is 1. The highest BCUT2D eigenvalue weighted by atomic mass is 35.5. The zero-order valence-electron chi connectivity index (χ0n) is 12.6. The monoisotopic (exact) mass is 341 g/mol. The van der Waals surface area contributed by atoms with E-state index in [4.69, 9.17) is 11.5 Å². The summed E-state index contributed by atoms with van der Waals surface area (Å²) >= 11 is 0. The highest BCUT2D eigenvalue weighted by Crippen LogP contribution is 2.36. The number of nitrogens with one attached hydrogen (secondary N) is 1. The standard InChI is InChI=1S/C15H19N5.2ClH/c1-15(2,6-7-16)10-4-3-5-11-12(10)9-8-18-20-13(9)14(17)19-11;;/h3-5,8H,6-7,16H2,1-2H3,(H2,17,19)(H,18,20);2*1H. The topological polar surface area (TPSA) is 93.6 Å². The van der Waals surface area contributed by atoms with Crippen LogP contribution in [-0.2, 0) is 5.41 Å². The van der Waals surface area contributed by atoms with E-state index in [1.807, 2.05) is 18.3 Å². The van der Waals surface area contributed by atoms with Crippen molar-refractivity contribution in [2.75, 3.05) is 12.3 Å². The Morgan fingerprint density at radius 2 is 1.95 bits per heavy atom. The molecule has 5 N–H and O–H groups in total. The molecule has 0 unspecified atom stereocenters. The maximum absolute atomic E-state index is 5.97. The van der Waals surface area contributed by atoms with Gasteiger partial charge in [-0.3, -0.25) is 5.10 Å². The van der Waals surface area contributed by atoms with Gasteiger partial charge in [-0.2, -0.15) is 5.10 Å². The van der Waals surface area contributed by atoms with Gasteiger partial charge in [0, 0.05) is 17.0 Å². The molecular formula is C15H21Cl2N5. The molecule has 2 aromatic heterocycles. The molecule has 0 bridgehead atoms. The molecule has 3 aromatic rings. The largest absolute Gasteiger partial charge is 0.382 e. The fourth-order valence-electron chi connectivity index (χ4n) is 2.83. The van der Waals surface area contributed by atoms with Gasteiger partial charge in [-0.1, -0.05) is 26.0 Å². The van der Waals surface area contributed by atoms with Gasteiger partial charge in [0.05, 0.1) is 5.52 Å². The van der Waals surface area contributed by atoms with Crippen molar-refractivity contribution in [2.45, 2.75) is 25.7 Å². The van der Waals surface area contributed by atoms with Crippen LogP contribution in [0.5, 0.6) is 0 Å². The van der Waals surface area contributed by atoms with Crippen LogP contribution in [0.1, 0.15) is 25.8 Å². The highest BCUT2D eigenvalue weighted by Gasteiger charge is 2.24. The smallest absolute Gasteiger partial charge is 0.152 e. The Bertz CT molecular complexity index is 782. The summed E-state index contributed by atoms with van der Waals surface area (Å²) in [5, 5.41) is 9.22. The second-order valence-corrected chi connectivity index (χ2v) is 5.77. The number of hydrogen-bond acceptors (Lipinski definition) is 4. The van der Waals surface area contributed by atoms with Crippen molar-refractivity contribution in [2.24, 2.45) is 5.73 Å². The first-order valence-electron chi connectivity index (χ1n) is 6.77. The molecule has 2 heterocycles. The number of rotatable bonds is 3. The molecule has 1 aromatic carbocycles. The number of aromatic amines is 1. The third-order valence-electron chi connectivity index (χ3n) is 3.93. The quantitative estimate of drug-likeness (QED) is 0.681. The molecule has 0 atom stereocenters. The number of nitrogens with zero attached hydrogens (tertiary/aromatic N) is 2. The zero-order valence-corrected chi connectivity index (χ0v) is 14.2. The van der Waals surface area contributed by atoms with Crippen molar-refractivity contribution in [3.05, 3.63) is 30.0 Å². The van der Waals surface area contributed by atoms with Crippen molar-refractivity contribution >= 4 is 52.4 Å². The second-order valence-electron chi connectivity index (χ2n) is 5.77. The fraction of sp³-hybridized carbons (Fsp3) is 0.333. The van der Waals surface area contributed by atoms with Crippen LogP contribution in [0.2, 0.25) is 0 Å². The molecule has 0 aliphatic carbocycles. The Kier molecular flexibility index (Phi) is 5.62. The predicted octanol–water partition coefficient (Wildman–Crippen LogP) is 3.16. The summed E-state index contributed by atoms with van der Waals surface area (Å²) in [6.07, 6.45) is 2.80. The average Bonchev–Trinajstić information content (AvgIpc) is 2.88. The molecule has 0 radical (unpaired) electrons. The van der Waals surface area contributed by atoms with Gasteiger partial charge in [-0.15, -0.1) is 24.8 Å². The van der Waals surface area contributed by atoms with Crippen LogP contribution >= 0.6 is 24.8 Å². The molecule has 7 heteroatoms. The van der Waals surface area contributed by atoms with E-state index in [1.54, 1.807) is 0 Å². The minimum absolute atomic E-state index is 0. The van der Waals surface area contributed by atoms with Gasteiger partial charge in [-0.25, -0.2) is 4.98 Å². The lowest BCUT2D eigenvalue weighted by Crippen LogP contribution is -2.22. The minimum Gasteiger partial charge on any atom is -0.382 e. The summed E-state index contributed by atoms with van der Waals surface area (Å²) in [5.41, 5.74) is 14.6. The lowest BCUT2D eigenvalue weighted by atomic mass is 9.79. The van der Waals surface area contributed by atoms with Crippen LogP contribution in [0.15, 0.2) is 24.4 Å². The summed E-state index contributed by atoms with van der Waals surface area (Å²) in [4.78, 5) is 4.47. The maximum Gasteiger partial charge on any atom is 0.152 e. The second kappa shape index (κ2) is 6.69. The number of anilines is 1. The van der Waals surface area contributed by atoms with Crippen LogP contribution < -0.4 is 11.5 Å². The normalized spacial score (nSPS) is 11.2. The lowest BCUT2D eigenvalue weighted by molar-refractivity contribution is 0.492. The lowest BCUT2D eigenvalue weighted by Gasteiger charge is -2.26. The van der Waals surface area contributed by atoms with Crippen molar-refractivity contribution in [3.8, 4) is 0 Å². The SMILES string of the molecule is CC(C)(CCN)c1cccc2nc(N)c3n[nH]cc3c12.Cl.Cl. The maximum atomic E-state index is 5.97. The Morgan fingerprint density at radius 1 is 1.23 bits per heavy atom. The summed E-state index contributed by atoms with van der Waals surface area (Å²) < 4.78 is 0. The van der Waals surface area contributed by atoms with Crippen LogP contribution in [-0.4, -0.2) is 21.7 Å². The number of benzene rings is 1. The van der Waals surface area contributed by atoms with Crippen molar-refractivity contribution in [3.63, 3.8) is 0 Å². The number of nitrogens with two attached hydrogens (primary N) is 2. The predicted molar refractivity (Wildman–Crippen MR) is 97.0 cm³/mol. The number of aromatic nitrogens is 3. The summed E-state index contributed by atoms with van der Waals surface area (Å²) in [6, 6.07) is 6.15. The molecule has 0 spiro atoms. The molecule has 120 valence electrons. The van der Waals surface area contributed by atoms with E-state index in [1.165, 1.54) is 5.56 Å². The van der Waals surface area contributed by atoms with E-state index in [9.17, 15) is 0 Å². The number of H-pyrrole nitrogens is 1. The molecule has 0 aliphatic rings. The molecule has 0 amide bonds. The number of halogens is 2. The van der Waals surface area contributed by atoms with E-state index < -0.39 is 0 Å². The Hall–Kier alpha value is -1.56. The van der Waals surface area contributed by atoms with Crippen molar-refractivity contribution < 1.29 is 0 Å². The summed E-state index contributed by atoms with van der Waals surface area (Å²) in [6.45, 7) is 5.06. The van der Waals surface area contributed by atoms with Crippen LogP contribution in [0, 0.1) is 0 Å². The molecule has 0 fully saturated rings. The Morgan fingerprint density at radius 3 is 2.64 bits per heavy atom. The first-order chi connectivity index (χ1) is 9.54. The Balaban J connectivity index is 0.00000121. The van der Waals surface area contributed by atoms with E-state index in [-0.39, 0.29) is 30.2 Å². The third kappa shape index (κ3) is 2.84. The minimum atomic E-state index is -0.0176. The molecule has 3 rings (SSSR count). The third-order valence-corrected chi connectivity index (χ3v) is 3.93. The summed E-state index contributed by atoms with van der Waals surface area (Å²) in [7, 11) is 0. The zero-order chi connectivity index (χ0) is 14.3. The molecule has 0 aliphatic heterocycles. The van der Waals surface area contributed by atoms with E-state index in [0.717, 1.165) is 28.2 Å². The van der Waals surface area contributed by atoms with Gasteiger partial charge >= 0.3 is 0 Å². The fourth-order valence-corrected chi connectivity index (χ4v) is 2.83. The molecule has 22 heavy (non-hydrogen) atoms. The first-order valence-corrected chi connectivity index (χ1v) is 6.77. The molecule has 0 saturated heterocycles. The van der Waals surface area contributed by atoms with Crippen LogP contribution in [0.25, 0.3) is 21.8 Å². The van der Waals surface area contributed by atoms with Gasteiger partial charge in [0.25, 0.3) is 0 Å². The average molecular weight is 342 g/mol. The first kappa shape index (κ1) is 18.5. The van der Waals surface area contributed by atoms with Crippen molar-refractivity contribution in [1.82, 2.24) is 15.2 Å². The molecule has 0 saturated carbocycles. The van der Waals surface area contributed by atoms with Gasteiger partial charge in [0.2, 0.25) is 0 Å².